The summed E-state index contributed by atoms with van der Waals surface area (Å²) in [4.78, 5) is 27.1. The van der Waals surface area contributed by atoms with Gasteiger partial charge in [-0.1, -0.05) is 48.9 Å². The summed E-state index contributed by atoms with van der Waals surface area (Å²) in [6, 6.07) is 14.7. The van der Waals surface area contributed by atoms with E-state index in [0.29, 0.717) is 17.1 Å². The Morgan fingerprint density at radius 1 is 1.07 bits per heavy atom. The van der Waals surface area contributed by atoms with Crippen LogP contribution in [0.2, 0.25) is 5.02 Å². The van der Waals surface area contributed by atoms with Crippen molar-refractivity contribution in [1.82, 2.24) is 10.2 Å². The first-order chi connectivity index (χ1) is 14.2. The van der Waals surface area contributed by atoms with Crippen LogP contribution in [0.3, 0.4) is 0 Å². The standard InChI is InChI=1S/C21H26ClN3O4S/c1-4-19(21(27)23-2)24(14-16-8-6-5-7-9-16)20(26)15-25(30(3,28)29)18-12-10-17(22)11-13-18/h5-13,19H,4,14-15H2,1-3H3,(H,23,27). The molecule has 30 heavy (non-hydrogen) atoms. The van der Waals surface area contributed by atoms with Crippen molar-refractivity contribution in [2.45, 2.75) is 25.9 Å². The highest BCUT2D eigenvalue weighted by Crippen LogP contribution is 2.21. The first kappa shape index (κ1) is 23.7. The molecule has 162 valence electrons. The number of carbonyl (C=O) groups is 2. The van der Waals surface area contributed by atoms with Crippen molar-refractivity contribution in [3.8, 4) is 0 Å². The highest BCUT2D eigenvalue weighted by atomic mass is 35.5. The van der Waals surface area contributed by atoms with Gasteiger partial charge in [-0.05, 0) is 36.2 Å². The van der Waals surface area contributed by atoms with Crippen LogP contribution < -0.4 is 9.62 Å². The van der Waals surface area contributed by atoms with Gasteiger partial charge in [0.25, 0.3) is 0 Å². The first-order valence-electron chi connectivity index (χ1n) is 9.45. The number of nitrogens with one attached hydrogen (secondary N) is 1. The lowest BCUT2D eigenvalue weighted by Gasteiger charge is -2.32. The third-order valence-corrected chi connectivity index (χ3v) is 6.01. The summed E-state index contributed by atoms with van der Waals surface area (Å²) >= 11 is 5.90. The molecule has 0 aliphatic carbocycles. The van der Waals surface area contributed by atoms with Gasteiger partial charge in [-0.15, -0.1) is 0 Å². The second-order valence-electron chi connectivity index (χ2n) is 6.79. The van der Waals surface area contributed by atoms with E-state index in [-0.39, 0.29) is 12.5 Å². The van der Waals surface area contributed by atoms with Crippen LogP contribution in [0.5, 0.6) is 0 Å². The molecule has 0 bridgehead atoms. The van der Waals surface area contributed by atoms with Crippen molar-refractivity contribution in [2.24, 2.45) is 0 Å². The van der Waals surface area contributed by atoms with Gasteiger partial charge in [0.2, 0.25) is 21.8 Å². The zero-order valence-corrected chi connectivity index (χ0v) is 18.8. The molecule has 0 heterocycles. The number of halogens is 1. The fourth-order valence-corrected chi connectivity index (χ4v) is 4.06. The number of rotatable bonds is 9. The molecule has 2 aromatic carbocycles. The van der Waals surface area contributed by atoms with Crippen LogP contribution >= 0.6 is 11.6 Å². The average Bonchev–Trinajstić information content (AvgIpc) is 2.72. The summed E-state index contributed by atoms with van der Waals surface area (Å²) in [7, 11) is -2.24. The Balaban J connectivity index is 2.39. The SMILES string of the molecule is CCC(C(=O)NC)N(Cc1ccccc1)C(=O)CN(c1ccc(Cl)cc1)S(C)(=O)=O. The molecule has 1 unspecified atom stereocenters. The lowest BCUT2D eigenvalue weighted by atomic mass is 10.1. The molecule has 0 fully saturated rings. The van der Waals surface area contributed by atoms with Crippen molar-refractivity contribution < 1.29 is 18.0 Å². The maximum absolute atomic E-state index is 13.3. The maximum atomic E-state index is 13.3. The molecule has 0 aliphatic heterocycles. The Kier molecular flexibility index (Phi) is 8.25. The molecule has 0 saturated heterocycles. The summed E-state index contributed by atoms with van der Waals surface area (Å²) in [5, 5.41) is 3.03. The van der Waals surface area contributed by atoms with Crippen molar-refractivity contribution >= 4 is 39.1 Å². The molecule has 0 radical (unpaired) electrons. The van der Waals surface area contributed by atoms with Crippen molar-refractivity contribution in [2.75, 3.05) is 24.2 Å². The molecular weight excluding hydrogens is 426 g/mol. The minimum atomic E-state index is -3.75. The number of nitrogens with zero attached hydrogens (tertiary/aromatic N) is 2. The Hall–Kier alpha value is -2.58. The Morgan fingerprint density at radius 3 is 2.17 bits per heavy atom. The van der Waals surface area contributed by atoms with Crippen LogP contribution in [-0.2, 0) is 26.2 Å². The molecule has 2 aromatic rings. The van der Waals surface area contributed by atoms with Crippen LogP contribution in [-0.4, -0.2) is 51.0 Å². The van der Waals surface area contributed by atoms with Gasteiger partial charge in [0.05, 0.1) is 11.9 Å². The van der Waals surface area contributed by atoms with E-state index in [1.165, 1.54) is 24.1 Å². The van der Waals surface area contributed by atoms with Crippen molar-refractivity contribution in [1.29, 1.82) is 0 Å². The molecule has 2 amide bonds. The molecule has 1 N–H and O–H groups in total. The summed E-state index contributed by atoms with van der Waals surface area (Å²) in [6.45, 7) is 1.56. The van der Waals surface area contributed by atoms with E-state index in [4.69, 9.17) is 11.6 Å². The van der Waals surface area contributed by atoms with E-state index in [2.05, 4.69) is 5.32 Å². The minimum absolute atomic E-state index is 0.184. The number of carbonyl (C=O) groups excluding carboxylic acids is 2. The molecule has 7 nitrogen and oxygen atoms in total. The predicted octanol–water partition coefficient (Wildman–Crippen LogP) is 2.66. The third kappa shape index (κ3) is 6.21. The molecular formula is C21H26ClN3O4S. The van der Waals surface area contributed by atoms with Crippen LogP contribution in [0, 0.1) is 0 Å². The molecule has 0 spiro atoms. The summed E-state index contributed by atoms with van der Waals surface area (Å²) in [5.74, 6) is -0.783. The second kappa shape index (κ2) is 10.4. The first-order valence-corrected chi connectivity index (χ1v) is 11.7. The van der Waals surface area contributed by atoms with Gasteiger partial charge in [0.15, 0.2) is 0 Å². The van der Waals surface area contributed by atoms with E-state index in [1.54, 1.807) is 19.1 Å². The summed E-state index contributed by atoms with van der Waals surface area (Å²) in [5.41, 5.74) is 1.16. The van der Waals surface area contributed by atoms with Crippen LogP contribution in [0.15, 0.2) is 54.6 Å². The molecule has 2 rings (SSSR count). The zero-order chi connectivity index (χ0) is 22.3. The van der Waals surface area contributed by atoms with Crippen LogP contribution in [0.25, 0.3) is 0 Å². The fraction of sp³-hybridized carbons (Fsp3) is 0.333. The molecule has 9 heteroatoms. The number of amides is 2. The smallest absolute Gasteiger partial charge is 0.244 e. The summed E-state index contributed by atoms with van der Waals surface area (Å²) < 4.78 is 25.8. The normalized spacial score (nSPS) is 12.1. The largest absolute Gasteiger partial charge is 0.357 e. The highest BCUT2D eigenvalue weighted by Gasteiger charge is 2.31. The third-order valence-electron chi connectivity index (χ3n) is 4.62. The average molecular weight is 452 g/mol. The number of hydrogen-bond acceptors (Lipinski definition) is 4. The zero-order valence-electron chi connectivity index (χ0n) is 17.2. The fourth-order valence-electron chi connectivity index (χ4n) is 3.09. The predicted molar refractivity (Wildman–Crippen MR) is 119 cm³/mol. The van der Waals surface area contributed by atoms with Gasteiger partial charge in [-0.2, -0.15) is 0 Å². The second-order valence-corrected chi connectivity index (χ2v) is 9.13. The topological polar surface area (TPSA) is 86.8 Å². The molecule has 0 aliphatic rings. The summed E-state index contributed by atoms with van der Waals surface area (Å²) in [6.07, 6.45) is 1.42. The molecule has 0 saturated carbocycles. The number of anilines is 1. The number of benzene rings is 2. The van der Waals surface area contributed by atoms with Crippen LogP contribution in [0.4, 0.5) is 5.69 Å². The van der Waals surface area contributed by atoms with Crippen molar-refractivity contribution in [3.63, 3.8) is 0 Å². The number of sulfonamides is 1. The lowest BCUT2D eigenvalue weighted by Crippen LogP contribution is -2.51. The quantitative estimate of drug-likeness (QED) is 0.635. The van der Waals surface area contributed by atoms with Crippen LogP contribution in [0.1, 0.15) is 18.9 Å². The minimum Gasteiger partial charge on any atom is -0.357 e. The monoisotopic (exact) mass is 451 g/mol. The van der Waals surface area contributed by atoms with E-state index in [0.717, 1.165) is 16.1 Å². The van der Waals surface area contributed by atoms with E-state index in [9.17, 15) is 18.0 Å². The van der Waals surface area contributed by atoms with Gasteiger partial charge in [-0.25, -0.2) is 8.42 Å². The van der Waals surface area contributed by atoms with E-state index in [1.807, 2.05) is 30.3 Å². The number of hydrogen-bond donors (Lipinski definition) is 1. The molecule has 1 atom stereocenters. The lowest BCUT2D eigenvalue weighted by molar-refractivity contribution is -0.140. The molecule has 0 aromatic heterocycles. The van der Waals surface area contributed by atoms with Gasteiger partial charge in [-0.3, -0.25) is 13.9 Å². The van der Waals surface area contributed by atoms with Gasteiger partial charge in [0, 0.05) is 18.6 Å². The van der Waals surface area contributed by atoms with Gasteiger partial charge >= 0.3 is 0 Å². The van der Waals surface area contributed by atoms with Gasteiger partial charge in [0.1, 0.15) is 12.6 Å². The number of likely N-dealkylation sites (N-methyl/N-ethyl adjacent to an activating group) is 1. The highest BCUT2D eigenvalue weighted by molar-refractivity contribution is 7.92. The van der Waals surface area contributed by atoms with E-state index < -0.39 is 28.5 Å². The Labute approximate surface area is 182 Å². The Bertz CT molecular complexity index is 966. The van der Waals surface area contributed by atoms with Crippen molar-refractivity contribution in [3.05, 3.63) is 65.2 Å². The maximum Gasteiger partial charge on any atom is 0.244 e. The van der Waals surface area contributed by atoms with Gasteiger partial charge < -0.3 is 10.2 Å². The Morgan fingerprint density at radius 2 is 1.67 bits per heavy atom. The van der Waals surface area contributed by atoms with E-state index >= 15 is 0 Å².